The molecule has 0 fully saturated rings. The van der Waals surface area contributed by atoms with Crippen molar-refractivity contribution in [3.8, 4) is 11.1 Å². The highest BCUT2D eigenvalue weighted by Crippen LogP contribution is 2.40. The number of para-hydroxylation sites is 1. The van der Waals surface area contributed by atoms with E-state index in [1.165, 1.54) is 5.56 Å². The van der Waals surface area contributed by atoms with Gasteiger partial charge in [0.05, 0.1) is 23.2 Å². The second-order valence-electron chi connectivity index (χ2n) is 6.84. The first-order chi connectivity index (χ1) is 13.2. The van der Waals surface area contributed by atoms with Crippen molar-refractivity contribution in [1.82, 2.24) is 0 Å². The zero-order valence-electron chi connectivity index (χ0n) is 15.1. The van der Waals surface area contributed by atoms with Gasteiger partial charge in [-0.25, -0.2) is 0 Å². The largest absolute Gasteiger partial charge is 0.352 e. The molecule has 0 saturated carbocycles. The minimum Gasteiger partial charge on any atom is -0.336 e. The van der Waals surface area contributed by atoms with Crippen LogP contribution < -0.4 is 0 Å². The molecule has 4 aromatic rings. The maximum atomic E-state index is 6.52. The Morgan fingerprint density at radius 3 is 2.59 bits per heavy atom. The normalized spacial score (nSPS) is 13.8. The summed E-state index contributed by atoms with van der Waals surface area (Å²) < 4.78 is 8.41. The van der Waals surface area contributed by atoms with Crippen LogP contribution in [-0.2, 0) is 0 Å². The number of rotatable bonds is 2. The summed E-state index contributed by atoms with van der Waals surface area (Å²) in [5.41, 5.74) is 6.38. The lowest BCUT2D eigenvalue weighted by Crippen LogP contribution is -2.14. The fourth-order valence-electron chi connectivity index (χ4n) is 3.83. The predicted octanol–water partition coefficient (Wildman–Crippen LogP) is 6.24. The molecule has 1 aliphatic rings. The average Bonchev–Trinajstić information content (AvgIpc) is 3.08. The van der Waals surface area contributed by atoms with Crippen molar-refractivity contribution in [1.29, 1.82) is 0 Å². The van der Waals surface area contributed by atoms with Gasteiger partial charge in [-0.05, 0) is 23.3 Å². The van der Waals surface area contributed by atoms with Crippen molar-refractivity contribution in [2.45, 2.75) is 6.92 Å². The fourth-order valence-corrected chi connectivity index (χ4v) is 3.83. The third-order valence-electron chi connectivity index (χ3n) is 5.16. The Morgan fingerprint density at radius 2 is 1.78 bits per heavy atom. The molecule has 27 heavy (non-hydrogen) atoms. The first-order valence-corrected chi connectivity index (χ1v) is 9.06. The molecule has 0 aliphatic carbocycles. The number of allylic oxidation sites excluding steroid dienone is 2. The number of aryl methyl sites for hydroxylation is 1. The molecule has 130 valence electrons. The molecule has 2 heteroatoms. The molecule has 0 atom stereocenters. The van der Waals surface area contributed by atoms with Crippen LogP contribution >= 0.6 is 0 Å². The zero-order chi connectivity index (χ0) is 18.4. The first kappa shape index (κ1) is 15.7. The van der Waals surface area contributed by atoms with Crippen molar-refractivity contribution in [2.75, 3.05) is 0 Å². The summed E-state index contributed by atoms with van der Waals surface area (Å²) in [5.74, 6) is 0. The zero-order valence-corrected chi connectivity index (χ0v) is 15.1. The molecular weight excluding hydrogens is 330 g/mol. The number of hydrogen-bond acceptors (Lipinski definition) is 0. The summed E-state index contributed by atoms with van der Waals surface area (Å²) in [4.78, 5) is 0. The van der Waals surface area contributed by atoms with Crippen LogP contribution in [0.4, 0.5) is 0 Å². The molecule has 0 bridgehead atoms. The van der Waals surface area contributed by atoms with Crippen molar-refractivity contribution < 1.29 is 8.99 Å². The van der Waals surface area contributed by atoms with Crippen LogP contribution in [0.25, 0.3) is 33.1 Å². The highest BCUT2D eigenvalue weighted by molar-refractivity contribution is 6.10. The summed E-state index contributed by atoms with van der Waals surface area (Å²) in [6.45, 7) is 6.26. The molecule has 1 aliphatic heterocycles. The Morgan fingerprint density at radius 1 is 0.926 bits per heavy atom. The van der Waals surface area contributed by atoms with Crippen LogP contribution in [0.3, 0.4) is 0 Å². The maximum absolute atomic E-state index is 6.52. The Balaban J connectivity index is 1.83. The number of nitrogens with zero attached hydrogens (tertiary/aromatic N) is 1. The molecule has 1 aromatic heterocycles. The van der Waals surface area contributed by atoms with Gasteiger partial charge in [0.15, 0.2) is 0 Å². The van der Waals surface area contributed by atoms with Gasteiger partial charge in [-0.3, -0.25) is 4.42 Å². The quantitative estimate of drug-likeness (QED) is 0.237. The molecular formula is C25H19NO. The molecule has 5 rings (SSSR count). The molecule has 0 spiro atoms. The maximum Gasteiger partial charge on any atom is 0.352 e. The van der Waals surface area contributed by atoms with E-state index in [0.717, 1.165) is 44.7 Å². The van der Waals surface area contributed by atoms with E-state index in [2.05, 4.69) is 74.3 Å². The van der Waals surface area contributed by atoms with Gasteiger partial charge >= 0.3 is 5.58 Å². The minimum atomic E-state index is 0.914. The van der Waals surface area contributed by atoms with Crippen molar-refractivity contribution in [3.63, 3.8) is 0 Å². The van der Waals surface area contributed by atoms with E-state index >= 15 is 0 Å². The van der Waals surface area contributed by atoms with Crippen molar-refractivity contribution >= 4 is 28.7 Å². The van der Waals surface area contributed by atoms with Gasteiger partial charge in [0.2, 0.25) is 0 Å². The number of furan rings is 1. The van der Waals surface area contributed by atoms with Gasteiger partial charge in [0.1, 0.15) is 0 Å². The Hall–Kier alpha value is -3.52. The van der Waals surface area contributed by atoms with Crippen LogP contribution in [0.1, 0.15) is 11.1 Å². The van der Waals surface area contributed by atoms with Gasteiger partial charge in [-0.1, -0.05) is 49.4 Å². The van der Waals surface area contributed by atoms with Gasteiger partial charge in [-0.15, -0.1) is 23.8 Å². The monoisotopic (exact) mass is 349 g/mol. The summed E-state index contributed by atoms with van der Waals surface area (Å²) in [5, 5.41) is 2.27. The molecule has 3 aromatic carbocycles. The summed E-state index contributed by atoms with van der Waals surface area (Å²) in [6.07, 6.45) is 8.07. The SMILES string of the molecule is C=[N+]1C=CC=C[C-]1c1c(C)ccc2c3cccc(-c4ccccc4)c3[o+][c-]12. The molecule has 2 heterocycles. The van der Waals surface area contributed by atoms with E-state index < -0.39 is 0 Å². The van der Waals surface area contributed by atoms with Gasteiger partial charge in [0.25, 0.3) is 5.58 Å². The molecule has 0 unspecified atom stereocenters. The third-order valence-corrected chi connectivity index (χ3v) is 5.16. The molecule has 0 N–H and O–H groups in total. The van der Waals surface area contributed by atoms with Crippen LogP contribution in [0, 0.1) is 13.0 Å². The highest BCUT2D eigenvalue weighted by atomic mass is 16.3. The molecule has 0 radical (unpaired) electrons. The summed E-state index contributed by atoms with van der Waals surface area (Å²) >= 11 is 0. The number of benzene rings is 3. The van der Waals surface area contributed by atoms with E-state index in [0.29, 0.717) is 0 Å². The number of fused-ring (bicyclic) bond motifs is 3. The van der Waals surface area contributed by atoms with Crippen molar-refractivity contribution in [3.05, 3.63) is 102 Å². The predicted molar refractivity (Wildman–Crippen MR) is 112 cm³/mol. The van der Waals surface area contributed by atoms with E-state index in [9.17, 15) is 0 Å². The second-order valence-corrected chi connectivity index (χ2v) is 6.84. The third kappa shape index (κ3) is 2.42. The summed E-state index contributed by atoms with van der Waals surface area (Å²) in [6, 6.07) is 22.1. The van der Waals surface area contributed by atoms with Gasteiger partial charge in [0, 0.05) is 12.1 Å². The first-order valence-electron chi connectivity index (χ1n) is 9.06. The standard InChI is InChI=1S/C25H19NO/c1-17-14-15-21-20-12-8-11-19(18-9-4-3-5-10-18)24(20)27-25(21)23(17)22-13-6-7-16-26(22)2/h3-16H,2H2,1H3. The van der Waals surface area contributed by atoms with E-state index in [1.54, 1.807) is 0 Å². The Labute approximate surface area is 158 Å². The van der Waals surface area contributed by atoms with Crippen molar-refractivity contribution in [2.24, 2.45) is 0 Å². The van der Waals surface area contributed by atoms with E-state index in [1.807, 2.05) is 29.0 Å². The van der Waals surface area contributed by atoms with E-state index in [4.69, 9.17) is 4.42 Å². The van der Waals surface area contributed by atoms with Gasteiger partial charge in [-0.2, -0.15) is 6.08 Å². The van der Waals surface area contributed by atoms with E-state index in [-0.39, 0.29) is 0 Å². The topological polar surface area (TPSA) is 14.3 Å². The Bertz CT molecular complexity index is 1240. The fraction of sp³-hybridized carbons (Fsp3) is 0.0400. The lowest BCUT2D eigenvalue weighted by atomic mass is 9.96. The van der Waals surface area contributed by atoms with Crippen LogP contribution in [0.15, 0.2) is 89.5 Å². The second kappa shape index (κ2) is 6.03. The Kier molecular flexibility index (Phi) is 3.51. The smallest absolute Gasteiger partial charge is 0.336 e. The van der Waals surface area contributed by atoms with Gasteiger partial charge < -0.3 is 4.58 Å². The number of hydrogen-bond donors (Lipinski definition) is 0. The minimum absolute atomic E-state index is 0.914. The van der Waals surface area contributed by atoms with Crippen LogP contribution in [0.5, 0.6) is 0 Å². The van der Waals surface area contributed by atoms with Crippen LogP contribution in [-0.4, -0.2) is 11.3 Å². The lowest BCUT2D eigenvalue weighted by molar-refractivity contribution is -0.417. The molecule has 0 saturated heterocycles. The highest BCUT2D eigenvalue weighted by Gasteiger charge is 2.25. The summed E-state index contributed by atoms with van der Waals surface area (Å²) in [7, 11) is 0. The van der Waals surface area contributed by atoms with Crippen LogP contribution in [0.2, 0.25) is 0 Å². The average molecular weight is 349 g/mol. The molecule has 2 nitrogen and oxygen atoms in total. The molecule has 0 amide bonds. The lowest BCUT2D eigenvalue weighted by Gasteiger charge is -2.22.